The Morgan fingerprint density at radius 3 is 2.63 bits per heavy atom. The lowest BCUT2D eigenvalue weighted by Gasteiger charge is -2.08. The number of halogens is 2. The highest BCUT2D eigenvalue weighted by Crippen LogP contribution is 2.20. The van der Waals surface area contributed by atoms with Gasteiger partial charge in [0.1, 0.15) is 0 Å². The first-order valence-electron chi connectivity index (χ1n) is 8.95. The van der Waals surface area contributed by atoms with Crippen molar-refractivity contribution in [1.82, 2.24) is 25.1 Å². The van der Waals surface area contributed by atoms with Gasteiger partial charge in [-0.05, 0) is 48.5 Å². The third-order valence-electron chi connectivity index (χ3n) is 4.30. The highest BCUT2D eigenvalue weighted by molar-refractivity contribution is 6.01. The Morgan fingerprint density at radius 2 is 1.93 bits per heavy atom. The van der Waals surface area contributed by atoms with Gasteiger partial charge in [-0.25, -0.2) is 18.4 Å². The van der Waals surface area contributed by atoms with Crippen LogP contribution in [0.3, 0.4) is 0 Å². The van der Waals surface area contributed by atoms with Crippen LogP contribution in [0, 0.1) is 0 Å². The number of carbonyl (C=O) groups excluding carboxylic acids is 2. The van der Waals surface area contributed by atoms with Gasteiger partial charge in [0.05, 0.1) is 23.3 Å². The van der Waals surface area contributed by atoms with E-state index in [0.717, 1.165) is 5.69 Å². The van der Waals surface area contributed by atoms with E-state index in [1.54, 1.807) is 47.4 Å². The molecule has 0 aliphatic rings. The number of hydrogen-bond donors (Lipinski definition) is 3. The number of anilines is 1. The number of nitrogens with zero attached hydrogens (tertiary/aromatic N) is 3. The number of amides is 2. The van der Waals surface area contributed by atoms with Gasteiger partial charge in [-0.2, -0.15) is 5.10 Å². The highest BCUT2D eigenvalue weighted by Gasteiger charge is 2.14. The number of carbonyl (C=O) groups is 2. The summed E-state index contributed by atoms with van der Waals surface area (Å²) in [6, 6.07) is 13.2. The maximum atomic E-state index is 12.7. The predicted molar refractivity (Wildman–Crippen MR) is 106 cm³/mol. The van der Waals surface area contributed by atoms with Crippen molar-refractivity contribution >= 4 is 28.5 Å². The number of nitrogens with one attached hydrogen (secondary N) is 3. The second-order valence-corrected chi connectivity index (χ2v) is 6.38. The van der Waals surface area contributed by atoms with Crippen LogP contribution in [0.1, 0.15) is 22.6 Å². The van der Waals surface area contributed by atoms with Crippen molar-refractivity contribution in [2.75, 3.05) is 11.9 Å². The van der Waals surface area contributed by atoms with Crippen molar-refractivity contribution in [3.05, 3.63) is 72.3 Å². The number of imidazole rings is 1. The Morgan fingerprint density at radius 1 is 1.13 bits per heavy atom. The highest BCUT2D eigenvalue weighted by atomic mass is 19.3. The van der Waals surface area contributed by atoms with Crippen LogP contribution in [0.25, 0.3) is 16.7 Å². The summed E-state index contributed by atoms with van der Waals surface area (Å²) in [7, 11) is 0. The van der Waals surface area contributed by atoms with E-state index < -0.39 is 24.1 Å². The summed E-state index contributed by atoms with van der Waals surface area (Å²) in [5, 5.41) is 9.31. The van der Waals surface area contributed by atoms with Crippen LogP contribution in [0.15, 0.2) is 60.9 Å². The van der Waals surface area contributed by atoms with Gasteiger partial charge in [0, 0.05) is 23.6 Å². The zero-order chi connectivity index (χ0) is 21.1. The van der Waals surface area contributed by atoms with Crippen LogP contribution >= 0.6 is 0 Å². The molecular weight excluding hydrogens is 394 g/mol. The largest absolute Gasteiger partial charge is 0.343 e. The van der Waals surface area contributed by atoms with E-state index in [0.29, 0.717) is 16.7 Å². The minimum Gasteiger partial charge on any atom is -0.343 e. The standard InChI is InChI=1S/C20H16F2N6O2/c21-18(22)19-26-15-7-2-12(10-16(15)27-19)20(30)23-11-17(29)25-13-3-5-14(6-4-13)28-9-1-8-24-28/h1-10,18H,11H2,(H,23,30)(H,25,29)(H,26,27). The molecule has 2 amide bonds. The van der Waals surface area contributed by atoms with Crippen molar-refractivity contribution in [3.8, 4) is 5.69 Å². The van der Waals surface area contributed by atoms with Crippen LogP contribution in [0.5, 0.6) is 0 Å². The van der Waals surface area contributed by atoms with E-state index in [9.17, 15) is 18.4 Å². The second kappa shape index (κ2) is 8.11. The SMILES string of the molecule is O=C(CNC(=O)c1ccc2nc(C(F)F)[nH]c2c1)Nc1ccc(-n2cccn2)cc1. The molecule has 2 heterocycles. The number of alkyl halides is 2. The molecule has 0 radical (unpaired) electrons. The van der Waals surface area contributed by atoms with Gasteiger partial charge < -0.3 is 15.6 Å². The van der Waals surface area contributed by atoms with Crippen LogP contribution < -0.4 is 10.6 Å². The molecule has 3 N–H and O–H groups in total. The molecule has 0 unspecified atom stereocenters. The number of rotatable bonds is 6. The zero-order valence-corrected chi connectivity index (χ0v) is 15.5. The summed E-state index contributed by atoms with van der Waals surface area (Å²) in [6.07, 6.45) is 0.741. The lowest BCUT2D eigenvalue weighted by atomic mass is 10.2. The van der Waals surface area contributed by atoms with Gasteiger partial charge in [-0.15, -0.1) is 0 Å². The third-order valence-corrected chi connectivity index (χ3v) is 4.30. The first-order chi connectivity index (χ1) is 14.5. The Bertz CT molecular complexity index is 1190. The van der Waals surface area contributed by atoms with Crippen LogP contribution in [0.4, 0.5) is 14.5 Å². The Kier molecular flexibility index (Phi) is 5.21. The topological polar surface area (TPSA) is 105 Å². The molecule has 152 valence electrons. The lowest BCUT2D eigenvalue weighted by molar-refractivity contribution is -0.115. The summed E-state index contributed by atoms with van der Waals surface area (Å²) < 4.78 is 27.1. The minimum atomic E-state index is -2.73. The molecule has 0 saturated carbocycles. The fourth-order valence-corrected chi connectivity index (χ4v) is 2.86. The monoisotopic (exact) mass is 410 g/mol. The van der Waals surface area contributed by atoms with Crippen molar-refractivity contribution in [2.45, 2.75) is 6.43 Å². The molecule has 4 aromatic rings. The van der Waals surface area contributed by atoms with E-state index >= 15 is 0 Å². The first kappa shape index (κ1) is 19.2. The van der Waals surface area contributed by atoms with Gasteiger partial charge in [0.2, 0.25) is 5.91 Å². The molecule has 30 heavy (non-hydrogen) atoms. The average molecular weight is 410 g/mol. The van der Waals surface area contributed by atoms with E-state index in [-0.39, 0.29) is 12.1 Å². The van der Waals surface area contributed by atoms with E-state index in [1.165, 1.54) is 18.2 Å². The number of aromatic nitrogens is 4. The van der Waals surface area contributed by atoms with Gasteiger partial charge >= 0.3 is 0 Å². The predicted octanol–water partition coefficient (Wildman–Crippen LogP) is 3.05. The molecule has 10 heteroatoms. The fraction of sp³-hybridized carbons (Fsp3) is 0.100. The normalized spacial score (nSPS) is 11.0. The molecule has 0 saturated heterocycles. The molecular formula is C20H16F2N6O2. The van der Waals surface area contributed by atoms with E-state index in [1.807, 2.05) is 0 Å². The molecule has 0 aliphatic carbocycles. The van der Waals surface area contributed by atoms with Crippen molar-refractivity contribution < 1.29 is 18.4 Å². The van der Waals surface area contributed by atoms with Crippen molar-refractivity contribution in [1.29, 1.82) is 0 Å². The first-order valence-corrected chi connectivity index (χ1v) is 8.95. The Balaban J connectivity index is 1.34. The van der Waals surface area contributed by atoms with Crippen LogP contribution in [0.2, 0.25) is 0 Å². The number of H-pyrrole nitrogens is 1. The summed E-state index contributed by atoms with van der Waals surface area (Å²) in [6.45, 7) is -0.247. The molecule has 0 aliphatic heterocycles. The summed E-state index contributed by atoms with van der Waals surface area (Å²) >= 11 is 0. The fourth-order valence-electron chi connectivity index (χ4n) is 2.86. The second-order valence-electron chi connectivity index (χ2n) is 6.38. The maximum Gasteiger partial charge on any atom is 0.295 e. The maximum absolute atomic E-state index is 12.7. The minimum absolute atomic E-state index is 0.225. The van der Waals surface area contributed by atoms with E-state index in [2.05, 4.69) is 25.7 Å². The number of hydrogen-bond acceptors (Lipinski definition) is 4. The zero-order valence-electron chi connectivity index (χ0n) is 15.5. The molecule has 0 fully saturated rings. The van der Waals surface area contributed by atoms with Crippen LogP contribution in [-0.2, 0) is 4.79 Å². The van der Waals surface area contributed by atoms with Gasteiger partial charge in [-0.1, -0.05) is 0 Å². The third kappa shape index (κ3) is 4.17. The smallest absolute Gasteiger partial charge is 0.295 e. The van der Waals surface area contributed by atoms with Gasteiger partial charge in [0.15, 0.2) is 5.82 Å². The molecule has 8 nitrogen and oxygen atoms in total. The molecule has 4 rings (SSSR count). The van der Waals surface area contributed by atoms with Crippen LogP contribution in [-0.4, -0.2) is 38.1 Å². The Labute approximate surface area is 168 Å². The Hall–Kier alpha value is -4.08. The molecule has 2 aromatic carbocycles. The lowest BCUT2D eigenvalue weighted by Crippen LogP contribution is -2.32. The van der Waals surface area contributed by atoms with Crippen molar-refractivity contribution in [3.63, 3.8) is 0 Å². The number of aromatic amines is 1. The molecule has 2 aromatic heterocycles. The van der Waals surface area contributed by atoms with E-state index in [4.69, 9.17) is 0 Å². The number of benzene rings is 2. The number of fused-ring (bicyclic) bond motifs is 1. The van der Waals surface area contributed by atoms with Gasteiger partial charge in [0.25, 0.3) is 12.3 Å². The average Bonchev–Trinajstić information content (AvgIpc) is 3.42. The quantitative estimate of drug-likeness (QED) is 0.454. The van der Waals surface area contributed by atoms with Crippen molar-refractivity contribution in [2.24, 2.45) is 0 Å². The summed E-state index contributed by atoms with van der Waals surface area (Å²) in [5.74, 6) is -1.37. The van der Waals surface area contributed by atoms with Gasteiger partial charge in [-0.3, -0.25) is 9.59 Å². The molecule has 0 bridgehead atoms. The molecule has 0 atom stereocenters. The summed E-state index contributed by atoms with van der Waals surface area (Å²) in [5.41, 5.74) is 2.29. The molecule has 0 spiro atoms. The summed E-state index contributed by atoms with van der Waals surface area (Å²) in [4.78, 5) is 30.6.